The van der Waals surface area contributed by atoms with Gasteiger partial charge in [0, 0.05) is 23.7 Å². The molecule has 0 saturated carbocycles. The van der Waals surface area contributed by atoms with Crippen molar-refractivity contribution in [3.63, 3.8) is 0 Å². The topological polar surface area (TPSA) is 108 Å². The van der Waals surface area contributed by atoms with Crippen molar-refractivity contribution in [3.05, 3.63) is 52.1 Å². The number of nitrogens with one attached hydrogen (secondary N) is 1. The van der Waals surface area contributed by atoms with E-state index in [-0.39, 0.29) is 17.7 Å². The fourth-order valence-corrected chi connectivity index (χ4v) is 2.21. The Labute approximate surface area is 152 Å². The zero-order chi connectivity index (χ0) is 19.9. The van der Waals surface area contributed by atoms with E-state index < -0.39 is 28.6 Å². The van der Waals surface area contributed by atoms with Crippen LogP contribution in [-0.4, -0.2) is 35.7 Å². The summed E-state index contributed by atoms with van der Waals surface area (Å²) in [5, 5.41) is 13.4. The Balaban J connectivity index is 2.88. The van der Waals surface area contributed by atoms with Gasteiger partial charge in [-0.05, 0) is 39.2 Å². The molecule has 0 aliphatic rings. The summed E-state index contributed by atoms with van der Waals surface area (Å²) < 4.78 is 9.87. The molecule has 0 aliphatic heterocycles. The van der Waals surface area contributed by atoms with Crippen molar-refractivity contribution in [2.45, 2.75) is 45.3 Å². The highest BCUT2D eigenvalue weighted by Gasteiger charge is 2.22. The summed E-state index contributed by atoms with van der Waals surface area (Å²) in [5.41, 5.74) is 0.274. The zero-order valence-corrected chi connectivity index (χ0v) is 15.4. The molecule has 0 aliphatic carbocycles. The standard InChI is InChI=1S/C18H24N2O6/c1-12(16(21)25-5)10-14(19-17(22)26-18(2,3)4)11-13-6-8-15(9-7-13)20(23)24/h6-9,14H,1,10-11H2,2-5H3,(H,19,22)/t14-/m1/s1. The Bertz CT molecular complexity index is 676. The minimum absolute atomic E-state index is 0.0237. The van der Waals surface area contributed by atoms with Crippen molar-refractivity contribution < 1.29 is 24.0 Å². The molecule has 0 bridgehead atoms. The third-order valence-corrected chi connectivity index (χ3v) is 3.32. The van der Waals surface area contributed by atoms with E-state index in [1.54, 1.807) is 32.9 Å². The van der Waals surface area contributed by atoms with Gasteiger partial charge >= 0.3 is 12.1 Å². The lowest BCUT2D eigenvalue weighted by atomic mass is 9.99. The van der Waals surface area contributed by atoms with E-state index in [9.17, 15) is 19.7 Å². The number of rotatable bonds is 7. The summed E-state index contributed by atoms with van der Waals surface area (Å²) in [7, 11) is 1.25. The van der Waals surface area contributed by atoms with Crippen LogP contribution >= 0.6 is 0 Å². The quantitative estimate of drug-likeness (QED) is 0.345. The van der Waals surface area contributed by atoms with E-state index in [0.29, 0.717) is 6.42 Å². The van der Waals surface area contributed by atoms with E-state index in [0.717, 1.165) is 5.56 Å². The Hall–Kier alpha value is -2.90. The molecule has 0 fully saturated rings. The van der Waals surface area contributed by atoms with Crippen LogP contribution < -0.4 is 5.32 Å². The normalized spacial score (nSPS) is 12.0. The number of carbonyl (C=O) groups excluding carboxylic acids is 2. The number of nitro benzene ring substituents is 1. The lowest BCUT2D eigenvalue weighted by molar-refractivity contribution is -0.384. The molecule has 0 spiro atoms. The second-order valence-corrected chi connectivity index (χ2v) is 6.77. The van der Waals surface area contributed by atoms with Crippen molar-refractivity contribution >= 4 is 17.7 Å². The number of methoxy groups -OCH3 is 1. The van der Waals surface area contributed by atoms with E-state index >= 15 is 0 Å². The van der Waals surface area contributed by atoms with Crippen LogP contribution in [0, 0.1) is 10.1 Å². The maximum absolute atomic E-state index is 12.1. The van der Waals surface area contributed by atoms with Gasteiger partial charge in [0.05, 0.1) is 12.0 Å². The molecule has 1 N–H and O–H groups in total. The van der Waals surface area contributed by atoms with Crippen LogP contribution in [0.2, 0.25) is 0 Å². The van der Waals surface area contributed by atoms with Crippen LogP contribution in [0.1, 0.15) is 32.8 Å². The molecule has 1 amide bonds. The van der Waals surface area contributed by atoms with E-state index in [1.807, 2.05) is 0 Å². The number of amides is 1. The first kappa shape index (κ1) is 21.1. The van der Waals surface area contributed by atoms with E-state index in [2.05, 4.69) is 16.6 Å². The minimum atomic E-state index is -0.665. The van der Waals surface area contributed by atoms with Gasteiger partial charge in [-0.25, -0.2) is 9.59 Å². The van der Waals surface area contributed by atoms with Gasteiger partial charge in [0.15, 0.2) is 0 Å². The fraction of sp³-hybridized carbons (Fsp3) is 0.444. The van der Waals surface area contributed by atoms with Gasteiger partial charge in [-0.2, -0.15) is 0 Å². The molecule has 1 aromatic carbocycles. The Morgan fingerprint density at radius 3 is 2.31 bits per heavy atom. The van der Waals surface area contributed by atoms with Gasteiger partial charge in [-0.3, -0.25) is 10.1 Å². The van der Waals surface area contributed by atoms with Crippen molar-refractivity contribution in [3.8, 4) is 0 Å². The monoisotopic (exact) mass is 364 g/mol. The predicted octanol–water partition coefficient (Wildman–Crippen LogP) is 3.15. The molecule has 0 aromatic heterocycles. The molecule has 1 aromatic rings. The van der Waals surface area contributed by atoms with Crippen LogP contribution in [-0.2, 0) is 20.7 Å². The number of benzene rings is 1. The largest absolute Gasteiger partial charge is 0.466 e. The van der Waals surface area contributed by atoms with Crippen LogP contribution in [0.15, 0.2) is 36.4 Å². The molecular weight excluding hydrogens is 340 g/mol. The molecule has 1 atom stereocenters. The van der Waals surface area contributed by atoms with Gasteiger partial charge in [0.25, 0.3) is 5.69 Å². The molecule has 142 valence electrons. The third kappa shape index (κ3) is 7.33. The molecule has 1 rings (SSSR count). The molecule has 26 heavy (non-hydrogen) atoms. The van der Waals surface area contributed by atoms with Gasteiger partial charge in [-0.15, -0.1) is 0 Å². The van der Waals surface area contributed by atoms with Crippen molar-refractivity contribution in [1.29, 1.82) is 0 Å². The highest BCUT2D eigenvalue weighted by Crippen LogP contribution is 2.16. The lowest BCUT2D eigenvalue weighted by Crippen LogP contribution is -2.40. The third-order valence-electron chi connectivity index (χ3n) is 3.32. The number of ether oxygens (including phenoxy) is 2. The number of alkyl carbamates (subject to hydrolysis) is 1. The van der Waals surface area contributed by atoms with Crippen LogP contribution in [0.5, 0.6) is 0 Å². The molecular formula is C18H24N2O6. The van der Waals surface area contributed by atoms with Crippen LogP contribution in [0.25, 0.3) is 0 Å². The second kappa shape index (κ2) is 8.98. The Morgan fingerprint density at radius 1 is 1.27 bits per heavy atom. The average Bonchev–Trinajstić information content (AvgIpc) is 2.52. The SMILES string of the molecule is C=C(C[C@H](Cc1ccc([N+](=O)[O-])cc1)NC(=O)OC(C)(C)C)C(=O)OC. The summed E-state index contributed by atoms with van der Waals surface area (Å²) in [6.45, 7) is 8.89. The highest BCUT2D eigenvalue weighted by molar-refractivity contribution is 5.87. The first-order valence-electron chi connectivity index (χ1n) is 8.00. The summed E-state index contributed by atoms with van der Waals surface area (Å²) in [4.78, 5) is 33.9. The number of hydrogen-bond donors (Lipinski definition) is 1. The number of carbonyl (C=O) groups is 2. The minimum Gasteiger partial charge on any atom is -0.466 e. The Morgan fingerprint density at radius 2 is 1.85 bits per heavy atom. The maximum Gasteiger partial charge on any atom is 0.407 e. The van der Waals surface area contributed by atoms with Crippen LogP contribution in [0.4, 0.5) is 10.5 Å². The predicted molar refractivity (Wildman–Crippen MR) is 95.7 cm³/mol. The van der Waals surface area contributed by atoms with Crippen molar-refractivity contribution in [1.82, 2.24) is 5.32 Å². The molecule has 0 unspecified atom stereocenters. The number of non-ortho nitro benzene ring substituents is 1. The number of hydrogen-bond acceptors (Lipinski definition) is 6. The lowest BCUT2D eigenvalue weighted by Gasteiger charge is -2.24. The molecule has 8 nitrogen and oxygen atoms in total. The Kier molecular flexibility index (Phi) is 7.30. The highest BCUT2D eigenvalue weighted by atomic mass is 16.6. The van der Waals surface area contributed by atoms with Gasteiger partial charge in [-0.1, -0.05) is 18.7 Å². The second-order valence-electron chi connectivity index (χ2n) is 6.77. The maximum atomic E-state index is 12.1. The molecule has 0 radical (unpaired) electrons. The van der Waals surface area contributed by atoms with E-state index in [4.69, 9.17) is 4.74 Å². The average molecular weight is 364 g/mol. The number of nitro groups is 1. The summed E-state index contributed by atoms with van der Waals surface area (Å²) in [5.74, 6) is -0.565. The first-order chi connectivity index (χ1) is 12.0. The molecule has 8 heteroatoms. The van der Waals surface area contributed by atoms with Crippen molar-refractivity contribution in [2.24, 2.45) is 0 Å². The summed E-state index contributed by atoms with van der Waals surface area (Å²) in [6.07, 6.45) is -0.127. The van der Waals surface area contributed by atoms with Crippen molar-refractivity contribution in [2.75, 3.05) is 7.11 Å². The molecule has 0 saturated heterocycles. The number of esters is 1. The molecule has 0 heterocycles. The van der Waals surface area contributed by atoms with Gasteiger partial charge < -0.3 is 14.8 Å². The smallest absolute Gasteiger partial charge is 0.407 e. The van der Waals surface area contributed by atoms with Crippen LogP contribution in [0.3, 0.4) is 0 Å². The summed E-state index contributed by atoms with van der Waals surface area (Å²) in [6, 6.07) is 5.48. The zero-order valence-electron chi connectivity index (χ0n) is 15.4. The summed E-state index contributed by atoms with van der Waals surface area (Å²) >= 11 is 0. The van der Waals surface area contributed by atoms with Gasteiger partial charge in [0.2, 0.25) is 0 Å². The number of nitrogens with zero attached hydrogens (tertiary/aromatic N) is 1. The van der Waals surface area contributed by atoms with E-state index in [1.165, 1.54) is 19.2 Å². The fourth-order valence-electron chi connectivity index (χ4n) is 2.21. The first-order valence-corrected chi connectivity index (χ1v) is 8.00. The van der Waals surface area contributed by atoms with Gasteiger partial charge in [0.1, 0.15) is 5.60 Å².